The van der Waals surface area contributed by atoms with Crippen molar-refractivity contribution in [2.24, 2.45) is 5.92 Å². The molecule has 2 N–H and O–H groups in total. The number of aromatic hydroxyl groups is 1. The molecular weight excluding hydrogens is 354 g/mol. The summed E-state index contributed by atoms with van der Waals surface area (Å²) in [6.45, 7) is 5.46. The molecule has 0 aromatic heterocycles. The van der Waals surface area contributed by atoms with Crippen molar-refractivity contribution in [2.45, 2.75) is 26.7 Å². The summed E-state index contributed by atoms with van der Waals surface area (Å²) in [6.07, 6.45) is 4.93. The molecule has 0 heterocycles. The van der Waals surface area contributed by atoms with Crippen LogP contribution < -0.4 is 14.8 Å². The highest BCUT2D eigenvalue weighted by molar-refractivity contribution is 5.91. The number of benzene rings is 2. The number of ether oxygens (including phenoxy) is 2. The van der Waals surface area contributed by atoms with E-state index < -0.39 is 0 Å². The molecular formula is C23H29NO4. The van der Waals surface area contributed by atoms with Crippen LogP contribution in [0.3, 0.4) is 0 Å². The number of nitrogens with one attached hydrogen (secondary N) is 1. The summed E-state index contributed by atoms with van der Waals surface area (Å²) in [5.41, 5.74) is 1.93. The van der Waals surface area contributed by atoms with Crippen molar-refractivity contribution in [3.63, 3.8) is 0 Å². The summed E-state index contributed by atoms with van der Waals surface area (Å²) in [5, 5.41) is 12.1. The number of phenolic OH excluding ortho intramolecular Hbond substituents is 1. The van der Waals surface area contributed by atoms with Gasteiger partial charge in [0.25, 0.3) is 0 Å². The number of carbonyl (C=O) groups excluding carboxylic acids is 1. The molecule has 0 aliphatic rings. The molecule has 0 fully saturated rings. The first kappa shape index (κ1) is 21.4. The van der Waals surface area contributed by atoms with Gasteiger partial charge in [0, 0.05) is 12.6 Å². The fourth-order valence-corrected chi connectivity index (χ4v) is 2.54. The van der Waals surface area contributed by atoms with Crippen LogP contribution in [0.5, 0.6) is 17.2 Å². The third-order valence-electron chi connectivity index (χ3n) is 4.22. The molecule has 0 atom stereocenters. The standard InChI is InChI=1S/C23H29NO4/c1-17(2)13-15-28-22-16-19(6-10-21(22)27-3)7-11-23(26)24-14-12-18-4-8-20(25)9-5-18/h4-11,16-17,25H,12-15H2,1-3H3,(H,24,26)/b11-7+. The van der Waals surface area contributed by atoms with Crippen LogP contribution in [0.1, 0.15) is 31.4 Å². The topological polar surface area (TPSA) is 67.8 Å². The van der Waals surface area contributed by atoms with Crippen LogP contribution in [0.2, 0.25) is 0 Å². The van der Waals surface area contributed by atoms with Gasteiger partial charge in [-0.15, -0.1) is 0 Å². The summed E-state index contributed by atoms with van der Waals surface area (Å²) >= 11 is 0. The van der Waals surface area contributed by atoms with E-state index in [-0.39, 0.29) is 11.7 Å². The zero-order valence-corrected chi connectivity index (χ0v) is 16.8. The molecule has 0 unspecified atom stereocenters. The molecule has 1 amide bonds. The van der Waals surface area contributed by atoms with Gasteiger partial charge in [-0.3, -0.25) is 4.79 Å². The first-order chi connectivity index (χ1) is 13.5. The Bertz CT molecular complexity index is 782. The average molecular weight is 383 g/mol. The highest BCUT2D eigenvalue weighted by atomic mass is 16.5. The van der Waals surface area contributed by atoms with Crippen molar-refractivity contribution in [3.8, 4) is 17.2 Å². The van der Waals surface area contributed by atoms with Crippen molar-refractivity contribution in [2.75, 3.05) is 20.3 Å². The second-order valence-corrected chi connectivity index (χ2v) is 6.98. The molecule has 2 rings (SSSR count). The van der Waals surface area contributed by atoms with Crippen LogP contribution in [-0.4, -0.2) is 31.3 Å². The summed E-state index contributed by atoms with van der Waals surface area (Å²) in [5.74, 6) is 2.01. The molecule has 2 aromatic rings. The monoisotopic (exact) mass is 383 g/mol. The van der Waals surface area contributed by atoms with Crippen LogP contribution in [-0.2, 0) is 11.2 Å². The van der Waals surface area contributed by atoms with E-state index in [2.05, 4.69) is 19.2 Å². The fraction of sp³-hybridized carbons (Fsp3) is 0.348. The number of amides is 1. The molecule has 0 saturated heterocycles. The Kier molecular flexibility index (Phi) is 8.40. The van der Waals surface area contributed by atoms with Crippen molar-refractivity contribution in [1.82, 2.24) is 5.32 Å². The molecule has 0 spiro atoms. The Hall–Kier alpha value is -2.95. The zero-order valence-electron chi connectivity index (χ0n) is 16.8. The molecule has 5 heteroatoms. The van der Waals surface area contributed by atoms with Gasteiger partial charge in [-0.25, -0.2) is 0 Å². The largest absolute Gasteiger partial charge is 0.508 e. The van der Waals surface area contributed by atoms with Gasteiger partial charge in [-0.2, -0.15) is 0 Å². The molecule has 150 valence electrons. The number of rotatable bonds is 10. The third kappa shape index (κ3) is 7.35. The lowest BCUT2D eigenvalue weighted by molar-refractivity contribution is -0.116. The Balaban J connectivity index is 1.87. The van der Waals surface area contributed by atoms with Crippen molar-refractivity contribution >= 4 is 12.0 Å². The number of carbonyl (C=O) groups is 1. The van der Waals surface area contributed by atoms with Crippen LogP contribution >= 0.6 is 0 Å². The van der Waals surface area contributed by atoms with E-state index >= 15 is 0 Å². The lowest BCUT2D eigenvalue weighted by Crippen LogP contribution is -2.23. The van der Waals surface area contributed by atoms with E-state index in [9.17, 15) is 9.90 Å². The summed E-state index contributed by atoms with van der Waals surface area (Å²) in [4.78, 5) is 12.0. The van der Waals surface area contributed by atoms with Crippen LogP contribution in [0.25, 0.3) is 6.08 Å². The van der Waals surface area contributed by atoms with Gasteiger partial charge in [0.05, 0.1) is 13.7 Å². The van der Waals surface area contributed by atoms with Gasteiger partial charge in [0.2, 0.25) is 5.91 Å². The number of hydrogen-bond donors (Lipinski definition) is 2. The third-order valence-corrected chi connectivity index (χ3v) is 4.22. The van der Waals surface area contributed by atoms with E-state index in [1.54, 1.807) is 25.3 Å². The smallest absolute Gasteiger partial charge is 0.244 e. The molecule has 0 aliphatic carbocycles. The Morgan fingerprint density at radius 2 is 1.89 bits per heavy atom. The Morgan fingerprint density at radius 3 is 2.57 bits per heavy atom. The first-order valence-corrected chi connectivity index (χ1v) is 9.52. The highest BCUT2D eigenvalue weighted by Crippen LogP contribution is 2.29. The van der Waals surface area contributed by atoms with Crippen molar-refractivity contribution < 1.29 is 19.4 Å². The predicted octanol–water partition coefficient (Wildman–Crippen LogP) is 4.20. The average Bonchev–Trinajstić information content (AvgIpc) is 2.68. The summed E-state index contributed by atoms with van der Waals surface area (Å²) < 4.78 is 11.2. The summed E-state index contributed by atoms with van der Waals surface area (Å²) in [7, 11) is 1.61. The number of phenols is 1. The maximum atomic E-state index is 12.0. The van der Waals surface area contributed by atoms with E-state index in [1.807, 2.05) is 30.3 Å². The maximum Gasteiger partial charge on any atom is 0.244 e. The second kappa shape index (κ2) is 11.0. The number of methoxy groups -OCH3 is 1. The van der Waals surface area contributed by atoms with Crippen LogP contribution in [0.4, 0.5) is 0 Å². The maximum absolute atomic E-state index is 12.0. The van der Waals surface area contributed by atoms with Gasteiger partial charge in [-0.1, -0.05) is 32.0 Å². The lowest BCUT2D eigenvalue weighted by atomic mass is 10.1. The first-order valence-electron chi connectivity index (χ1n) is 9.52. The van der Waals surface area contributed by atoms with Crippen LogP contribution in [0, 0.1) is 5.92 Å². The van der Waals surface area contributed by atoms with Crippen molar-refractivity contribution in [1.29, 1.82) is 0 Å². The predicted molar refractivity (Wildman–Crippen MR) is 112 cm³/mol. The molecule has 0 aliphatic heterocycles. The van der Waals surface area contributed by atoms with E-state index in [4.69, 9.17) is 9.47 Å². The zero-order chi connectivity index (χ0) is 20.4. The molecule has 0 radical (unpaired) electrons. The van der Waals surface area contributed by atoms with Crippen LogP contribution in [0.15, 0.2) is 48.5 Å². The van der Waals surface area contributed by atoms with Gasteiger partial charge in [-0.05, 0) is 60.2 Å². The lowest BCUT2D eigenvalue weighted by Gasteiger charge is -2.12. The van der Waals surface area contributed by atoms with Gasteiger partial charge in [0.15, 0.2) is 11.5 Å². The quantitative estimate of drug-likeness (QED) is 0.604. The van der Waals surface area contributed by atoms with Gasteiger partial charge in [0.1, 0.15) is 5.75 Å². The molecule has 0 saturated carbocycles. The minimum absolute atomic E-state index is 0.156. The summed E-state index contributed by atoms with van der Waals surface area (Å²) in [6, 6.07) is 12.6. The molecule has 28 heavy (non-hydrogen) atoms. The Morgan fingerprint density at radius 1 is 1.14 bits per heavy atom. The highest BCUT2D eigenvalue weighted by Gasteiger charge is 2.06. The number of hydrogen-bond acceptors (Lipinski definition) is 4. The molecule has 5 nitrogen and oxygen atoms in total. The minimum atomic E-state index is -0.156. The van der Waals surface area contributed by atoms with E-state index in [1.165, 1.54) is 6.08 Å². The normalized spacial score (nSPS) is 11.0. The van der Waals surface area contributed by atoms with Crippen molar-refractivity contribution in [3.05, 3.63) is 59.7 Å². The van der Waals surface area contributed by atoms with Gasteiger partial charge >= 0.3 is 0 Å². The molecule has 2 aromatic carbocycles. The van der Waals surface area contributed by atoms with E-state index in [0.29, 0.717) is 37.0 Å². The SMILES string of the molecule is COc1ccc(/C=C/C(=O)NCCc2ccc(O)cc2)cc1OCCC(C)C. The fourth-order valence-electron chi connectivity index (χ4n) is 2.54. The minimum Gasteiger partial charge on any atom is -0.508 e. The molecule has 0 bridgehead atoms. The van der Waals surface area contributed by atoms with E-state index in [0.717, 1.165) is 17.5 Å². The Labute approximate surface area is 167 Å². The van der Waals surface area contributed by atoms with Gasteiger partial charge < -0.3 is 19.9 Å². The second-order valence-electron chi connectivity index (χ2n) is 6.98.